The summed E-state index contributed by atoms with van der Waals surface area (Å²) in [6, 6.07) is 0. The molecule has 2 fully saturated rings. The third-order valence-corrected chi connectivity index (χ3v) is 3.65. The van der Waals surface area contributed by atoms with Crippen molar-refractivity contribution in [1.82, 2.24) is 4.90 Å². The van der Waals surface area contributed by atoms with Gasteiger partial charge in [-0.2, -0.15) is 0 Å². The molecule has 0 aliphatic carbocycles. The summed E-state index contributed by atoms with van der Waals surface area (Å²) in [5.41, 5.74) is 0. The maximum atomic E-state index is 2.64. The maximum absolute atomic E-state index is 2.64. The van der Waals surface area contributed by atoms with Gasteiger partial charge in [-0.1, -0.05) is 0 Å². The van der Waals surface area contributed by atoms with E-state index < -0.39 is 0 Å². The molecule has 2 aliphatic heterocycles. The van der Waals surface area contributed by atoms with Crippen molar-refractivity contribution < 1.29 is 4.48 Å². The van der Waals surface area contributed by atoms with Gasteiger partial charge in [-0.15, -0.1) is 0 Å². The zero-order chi connectivity index (χ0) is 9.47. The SMILES string of the molecule is BCN1CC2CC(C1)C[N+](C)(C)C2. The minimum atomic E-state index is 0.974. The van der Waals surface area contributed by atoms with E-state index in [1.165, 1.54) is 43.5 Å². The molecular formula is C10H22BN2+. The Hall–Kier alpha value is -0.0151. The van der Waals surface area contributed by atoms with E-state index in [1.54, 1.807) is 0 Å². The third kappa shape index (κ3) is 2.08. The number of nitrogens with zero attached hydrogens (tertiary/aromatic N) is 2. The molecule has 2 atom stereocenters. The molecule has 0 saturated carbocycles. The predicted molar refractivity (Wildman–Crippen MR) is 58.4 cm³/mol. The summed E-state index contributed by atoms with van der Waals surface area (Å²) in [6.07, 6.45) is 2.75. The van der Waals surface area contributed by atoms with Crippen molar-refractivity contribution in [3.63, 3.8) is 0 Å². The standard InChI is InChI=1S/C10H22BN2/c1-13(2)6-9-3-10(7-13)5-12(4-9)8-11/h9-10H,3-8,11H2,1-2H3/q+1. The molecule has 2 rings (SSSR count). The van der Waals surface area contributed by atoms with Crippen molar-refractivity contribution in [3.05, 3.63) is 0 Å². The zero-order valence-electron chi connectivity index (χ0n) is 9.29. The highest BCUT2D eigenvalue weighted by Crippen LogP contribution is 2.30. The number of rotatable bonds is 1. The van der Waals surface area contributed by atoms with Gasteiger partial charge in [-0.05, 0) is 12.9 Å². The van der Waals surface area contributed by atoms with Gasteiger partial charge in [0.15, 0.2) is 0 Å². The number of fused-ring (bicyclic) bond motifs is 2. The average molecular weight is 181 g/mol. The molecule has 2 unspecified atom stereocenters. The van der Waals surface area contributed by atoms with Crippen molar-refractivity contribution in [3.8, 4) is 0 Å². The molecule has 0 aromatic rings. The van der Waals surface area contributed by atoms with E-state index in [-0.39, 0.29) is 0 Å². The van der Waals surface area contributed by atoms with E-state index in [4.69, 9.17) is 0 Å². The topological polar surface area (TPSA) is 3.24 Å². The van der Waals surface area contributed by atoms with E-state index >= 15 is 0 Å². The lowest BCUT2D eigenvalue weighted by Crippen LogP contribution is -2.58. The van der Waals surface area contributed by atoms with Crippen molar-refractivity contribution in [1.29, 1.82) is 0 Å². The second-order valence-corrected chi connectivity index (χ2v) is 5.62. The molecule has 2 heterocycles. The van der Waals surface area contributed by atoms with Crippen LogP contribution in [0.15, 0.2) is 0 Å². The summed E-state index contributed by atoms with van der Waals surface area (Å²) in [5.74, 6) is 1.95. The fraction of sp³-hybridized carbons (Fsp3) is 1.00. The third-order valence-electron chi connectivity index (χ3n) is 3.65. The Labute approximate surface area is 82.9 Å². The van der Waals surface area contributed by atoms with Gasteiger partial charge < -0.3 is 9.38 Å². The molecule has 0 radical (unpaired) electrons. The summed E-state index contributed by atoms with van der Waals surface area (Å²) in [7, 11) is 7.07. The largest absolute Gasteiger partial charge is 0.328 e. The fourth-order valence-corrected chi connectivity index (χ4v) is 3.42. The van der Waals surface area contributed by atoms with Gasteiger partial charge in [0.1, 0.15) is 7.85 Å². The molecule has 0 aromatic heterocycles. The second kappa shape index (κ2) is 3.28. The quantitative estimate of drug-likeness (QED) is 0.393. The Morgan fingerprint density at radius 3 is 2.23 bits per heavy atom. The van der Waals surface area contributed by atoms with Gasteiger partial charge in [0.25, 0.3) is 0 Å². The zero-order valence-corrected chi connectivity index (χ0v) is 9.29. The molecule has 0 N–H and O–H groups in total. The lowest BCUT2D eigenvalue weighted by Gasteiger charge is -2.48. The minimum Gasteiger partial charge on any atom is -0.328 e. The highest BCUT2D eigenvalue weighted by molar-refractivity contribution is 6.08. The molecule has 0 aromatic carbocycles. The summed E-state index contributed by atoms with van der Waals surface area (Å²) in [5, 5.41) is 0. The summed E-state index contributed by atoms with van der Waals surface area (Å²) < 4.78 is 1.26. The average Bonchev–Trinajstić information content (AvgIpc) is 1.99. The Bertz CT molecular complexity index is 177. The van der Waals surface area contributed by atoms with E-state index in [1.807, 2.05) is 0 Å². The summed E-state index contributed by atoms with van der Waals surface area (Å²) in [6.45, 7) is 5.50. The van der Waals surface area contributed by atoms with E-state index in [2.05, 4.69) is 26.8 Å². The van der Waals surface area contributed by atoms with Crippen molar-refractivity contribution >= 4 is 7.85 Å². The van der Waals surface area contributed by atoms with Crippen LogP contribution in [-0.2, 0) is 0 Å². The van der Waals surface area contributed by atoms with Gasteiger partial charge in [-0.25, -0.2) is 0 Å². The molecular weight excluding hydrogens is 159 g/mol. The molecule has 2 nitrogen and oxygen atoms in total. The highest BCUT2D eigenvalue weighted by atomic mass is 15.3. The van der Waals surface area contributed by atoms with Crippen LogP contribution in [0, 0.1) is 11.8 Å². The van der Waals surface area contributed by atoms with Crippen LogP contribution in [-0.4, -0.2) is 63.9 Å². The second-order valence-electron chi connectivity index (χ2n) is 5.62. The fourth-order valence-electron chi connectivity index (χ4n) is 3.42. The van der Waals surface area contributed by atoms with Gasteiger partial charge >= 0.3 is 0 Å². The maximum Gasteiger partial charge on any atom is 0.119 e. The number of likely N-dealkylation sites (tertiary alicyclic amines) is 2. The van der Waals surface area contributed by atoms with Crippen LogP contribution in [0.25, 0.3) is 0 Å². The molecule has 2 aliphatic rings. The van der Waals surface area contributed by atoms with Crippen molar-refractivity contribution in [2.24, 2.45) is 11.8 Å². The molecule has 2 saturated heterocycles. The van der Waals surface area contributed by atoms with Crippen LogP contribution in [0.4, 0.5) is 0 Å². The van der Waals surface area contributed by atoms with E-state index in [0.717, 1.165) is 11.8 Å². The smallest absolute Gasteiger partial charge is 0.119 e. The van der Waals surface area contributed by atoms with Crippen molar-refractivity contribution in [2.45, 2.75) is 6.42 Å². The Morgan fingerprint density at radius 2 is 1.77 bits per heavy atom. The molecule has 13 heavy (non-hydrogen) atoms. The monoisotopic (exact) mass is 181 g/mol. The number of quaternary nitrogens is 1. The van der Waals surface area contributed by atoms with E-state index in [0.29, 0.717) is 0 Å². The molecule has 3 heteroatoms. The van der Waals surface area contributed by atoms with Crippen LogP contribution in [0.3, 0.4) is 0 Å². The first-order valence-electron chi connectivity index (χ1n) is 5.63. The van der Waals surface area contributed by atoms with Crippen LogP contribution in [0.2, 0.25) is 0 Å². The Balaban J connectivity index is 2.01. The van der Waals surface area contributed by atoms with Gasteiger partial charge in [0, 0.05) is 24.9 Å². The first-order valence-corrected chi connectivity index (χ1v) is 5.63. The Kier molecular flexibility index (Phi) is 2.41. The first-order chi connectivity index (χ1) is 6.09. The Morgan fingerprint density at radius 1 is 1.23 bits per heavy atom. The summed E-state index contributed by atoms with van der Waals surface area (Å²) in [4.78, 5) is 2.64. The van der Waals surface area contributed by atoms with Gasteiger partial charge in [-0.3, -0.25) is 0 Å². The minimum absolute atomic E-state index is 0.974. The lowest BCUT2D eigenvalue weighted by molar-refractivity contribution is -0.903. The number of piperidine rings is 2. The molecule has 0 amide bonds. The van der Waals surface area contributed by atoms with Crippen LogP contribution >= 0.6 is 0 Å². The van der Waals surface area contributed by atoms with E-state index in [9.17, 15) is 0 Å². The molecule has 0 spiro atoms. The number of hydrogen-bond donors (Lipinski definition) is 0. The molecule has 2 bridgehead atoms. The summed E-state index contributed by atoms with van der Waals surface area (Å²) >= 11 is 0. The lowest BCUT2D eigenvalue weighted by atomic mass is 9.83. The number of hydrogen-bond acceptors (Lipinski definition) is 1. The van der Waals surface area contributed by atoms with Gasteiger partial charge in [0.2, 0.25) is 0 Å². The van der Waals surface area contributed by atoms with Crippen LogP contribution in [0.1, 0.15) is 6.42 Å². The van der Waals surface area contributed by atoms with Crippen molar-refractivity contribution in [2.75, 3.05) is 46.7 Å². The molecule has 74 valence electrons. The normalized spacial score (nSPS) is 38.9. The van der Waals surface area contributed by atoms with Gasteiger partial charge in [0.05, 0.1) is 27.2 Å². The first kappa shape index (κ1) is 9.54. The van der Waals surface area contributed by atoms with Crippen LogP contribution < -0.4 is 0 Å². The highest BCUT2D eigenvalue weighted by Gasteiger charge is 2.38. The van der Waals surface area contributed by atoms with Crippen LogP contribution in [0.5, 0.6) is 0 Å². The predicted octanol–water partition coefficient (Wildman–Crippen LogP) is -0.395.